The van der Waals surface area contributed by atoms with Crippen molar-refractivity contribution in [3.8, 4) is 22.6 Å². The van der Waals surface area contributed by atoms with Crippen molar-refractivity contribution in [1.29, 1.82) is 0 Å². The predicted octanol–water partition coefficient (Wildman–Crippen LogP) is 3.32. The van der Waals surface area contributed by atoms with Gasteiger partial charge in [-0.25, -0.2) is 4.79 Å². The zero-order valence-electron chi connectivity index (χ0n) is 13.7. The molecular formula is C19H16O6. The highest BCUT2D eigenvalue weighted by atomic mass is 16.5. The summed E-state index contributed by atoms with van der Waals surface area (Å²) >= 11 is 0. The Balaban J connectivity index is 2.00. The Hall–Kier alpha value is -3.28. The van der Waals surface area contributed by atoms with Crippen molar-refractivity contribution >= 4 is 16.9 Å². The number of aliphatic carboxylic acids is 1. The maximum absolute atomic E-state index is 12.7. The second kappa shape index (κ2) is 6.68. The molecule has 0 saturated heterocycles. The van der Waals surface area contributed by atoms with E-state index in [0.717, 1.165) is 5.56 Å². The average molecular weight is 340 g/mol. The number of methoxy groups -OCH3 is 1. The standard InChI is InChI=1S/C19H16O6/c1-11(19(21)22)25-14-7-8-15-17(9-14)24-10-16(18(15)20)12-3-5-13(23-2)6-4-12/h3-11H,1-2H3,(H,21,22). The van der Waals surface area contributed by atoms with Crippen molar-refractivity contribution in [2.24, 2.45) is 0 Å². The zero-order chi connectivity index (χ0) is 18.0. The summed E-state index contributed by atoms with van der Waals surface area (Å²) in [5.41, 5.74) is 1.31. The van der Waals surface area contributed by atoms with E-state index >= 15 is 0 Å². The van der Waals surface area contributed by atoms with Gasteiger partial charge in [0.15, 0.2) is 11.5 Å². The molecular weight excluding hydrogens is 324 g/mol. The molecule has 1 N–H and O–H groups in total. The lowest BCUT2D eigenvalue weighted by Gasteiger charge is -2.10. The third-order valence-corrected chi connectivity index (χ3v) is 3.81. The van der Waals surface area contributed by atoms with Crippen LogP contribution in [0.4, 0.5) is 0 Å². The lowest BCUT2D eigenvalue weighted by Crippen LogP contribution is -2.22. The highest BCUT2D eigenvalue weighted by molar-refractivity contribution is 5.82. The fourth-order valence-corrected chi connectivity index (χ4v) is 2.41. The van der Waals surface area contributed by atoms with Crippen LogP contribution in [-0.4, -0.2) is 24.3 Å². The quantitative estimate of drug-likeness (QED) is 0.767. The van der Waals surface area contributed by atoms with Crippen LogP contribution in [0.25, 0.3) is 22.1 Å². The summed E-state index contributed by atoms with van der Waals surface area (Å²) in [4.78, 5) is 23.6. The molecule has 0 amide bonds. The van der Waals surface area contributed by atoms with Crippen LogP contribution < -0.4 is 14.9 Å². The van der Waals surface area contributed by atoms with Crippen LogP contribution in [-0.2, 0) is 4.79 Å². The molecule has 128 valence electrons. The van der Waals surface area contributed by atoms with Crippen LogP contribution in [0, 0.1) is 0 Å². The Morgan fingerprint density at radius 2 is 1.80 bits per heavy atom. The molecule has 1 unspecified atom stereocenters. The highest BCUT2D eigenvalue weighted by Gasteiger charge is 2.14. The summed E-state index contributed by atoms with van der Waals surface area (Å²) in [6.07, 6.45) is 0.388. The Labute approximate surface area is 143 Å². The summed E-state index contributed by atoms with van der Waals surface area (Å²) in [5.74, 6) is -0.0533. The number of benzene rings is 2. The van der Waals surface area contributed by atoms with E-state index < -0.39 is 12.1 Å². The van der Waals surface area contributed by atoms with Crippen molar-refractivity contribution in [2.75, 3.05) is 7.11 Å². The topological polar surface area (TPSA) is 86.0 Å². The van der Waals surface area contributed by atoms with E-state index in [0.29, 0.717) is 28.0 Å². The van der Waals surface area contributed by atoms with Crippen molar-refractivity contribution in [3.05, 3.63) is 59.0 Å². The van der Waals surface area contributed by atoms with Crippen LogP contribution >= 0.6 is 0 Å². The van der Waals surface area contributed by atoms with Crippen LogP contribution in [0.1, 0.15) is 6.92 Å². The van der Waals surface area contributed by atoms with Crippen molar-refractivity contribution in [3.63, 3.8) is 0 Å². The smallest absolute Gasteiger partial charge is 0.344 e. The Morgan fingerprint density at radius 3 is 2.44 bits per heavy atom. The second-order valence-electron chi connectivity index (χ2n) is 5.46. The first kappa shape index (κ1) is 16.6. The van der Waals surface area contributed by atoms with Gasteiger partial charge in [-0.05, 0) is 36.8 Å². The van der Waals surface area contributed by atoms with Crippen molar-refractivity contribution in [2.45, 2.75) is 13.0 Å². The number of carboxylic acid groups (broad SMARTS) is 1. The molecule has 6 nitrogen and oxygen atoms in total. The molecule has 0 bridgehead atoms. The first-order valence-electron chi connectivity index (χ1n) is 7.59. The number of hydrogen-bond acceptors (Lipinski definition) is 5. The van der Waals surface area contributed by atoms with Gasteiger partial charge in [0.1, 0.15) is 23.3 Å². The van der Waals surface area contributed by atoms with Gasteiger partial charge in [-0.2, -0.15) is 0 Å². The number of ether oxygens (including phenoxy) is 2. The minimum Gasteiger partial charge on any atom is -0.497 e. The molecule has 0 aliphatic rings. The number of hydrogen-bond donors (Lipinski definition) is 1. The summed E-state index contributed by atoms with van der Waals surface area (Å²) in [6, 6.07) is 11.7. The molecule has 3 aromatic rings. The molecule has 0 aliphatic carbocycles. The van der Waals surface area contributed by atoms with E-state index in [1.807, 2.05) is 0 Å². The maximum atomic E-state index is 12.7. The fraction of sp³-hybridized carbons (Fsp3) is 0.158. The summed E-state index contributed by atoms with van der Waals surface area (Å²) in [7, 11) is 1.57. The first-order valence-corrected chi connectivity index (χ1v) is 7.59. The number of carbonyl (C=O) groups is 1. The van der Waals surface area contributed by atoms with Gasteiger partial charge in [0.05, 0.1) is 18.1 Å². The normalized spacial score (nSPS) is 11.9. The second-order valence-corrected chi connectivity index (χ2v) is 5.46. The molecule has 3 rings (SSSR count). The summed E-state index contributed by atoms with van der Waals surface area (Å²) in [5, 5.41) is 9.29. The van der Waals surface area contributed by atoms with E-state index in [1.165, 1.54) is 19.3 Å². The van der Waals surface area contributed by atoms with E-state index in [4.69, 9.17) is 19.0 Å². The minimum absolute atomic E-state index is 0.177. The van der Waals surface area contributed by atoms with Gasteiger partial charge in [-0.15, -0.1) is 0 Å². The van der Waals surface area contributed by atoms with Crippen LogP contribution in [0.3, 0.4) is 0 Å². The lowest BCUT2D eigenvalue weighted by atomic mass is 10.1. The van der Waals surface area contributed by atoms with Gasteiger partial charge >= 0.3 is 5.97 Å². The zero-order valence-corrected chi connectivity index (χ0v) is 13.7. The third-order valence-electron chi connectivity index (χ3n) is 3.81. The molecule has 1 atom stereocenters. The van der Waals surface area contributed by atoms with Gasteiger partial charge < -0.3 is 19.0 Å². The molecule has 0 aliphatic heterocycles. The van der Waals surface area contributed by atoms with E-state index in [1.54, 1.807) is 43.5 Å². The van der Waals surface area contributed by atoms with E-state index in [-0.39, 0.29) is 5.43 Å². The van der Waals surface area contributed by atoms with Gasteiger partial charge in [-0.1, -0.05) is 12.1 Å². The van der Waals surface area contributed by atoms with Crippen LogP contribution in [0.5, 0.6) is 11.5 Å². The largest absolute Gasteiger partial charge is 0.497 e. The minimum atomic E-state index is -1.07. The van der Waals surface area contributed by atoms with Crippen LogP contribution in [0.15, 0.2) is 57.9 Å². The lowest BCUT2D eigenvalue weighted by molar-refractivity contribution is -0.144. The first-order chi connectivity index (χ1) is 12.0. The molecule has 25 heavy (non-hydrogen) atoms. The predicted molar refractivity (Wildman–Crippen MR) is 92.2 cm³/mol. The molecule has 0 radical (unpaired) electrons. The molecule has 2 aromatic carbocycles. The molecule has 6 heteroatoms. The van der Waals surface area contributed by atoms with Gasteiger partial charge in [0.25, 0.3) is 0 Å². The van der Waals surface area contributed by atoms with Gasteiger partial charge in [0, 0.05) is 6.07 Å². The molecule has 0 spiro atoms. The number of fused-ring (bicyclic) bond motifs is 1. The monoisotopic (exact) mass is 340 g/mol. The molecule has 1 aromatic heterocycles. The Kier molecular flexibility index (Phi) is 4.43. The third kappa shape index (κ3) is 3.33. The number of carboxylic acids is 1. The summed E-state index contributed by atoms with van der Waals surface area (Å²) < 4.78 is 16.0. The van der Waals surface area contributed by atoms with Crippen molar-refractivity contribution < 1.29 is 23.8 Å². The highest BCUT2D eigenvalue weighted by Crippen LogP contribution is 2.25. The molecule has 0 fully saturated rings. The van der Waals surface area contributed by atoms with Gasteiger partial charge in [-0.3, -0.25) is 4.79 Å². The van der Waals surface area contributed by atoms with E-state index in [9.17, 15) is 9.59 Å². The Bertz CT molecular complexity index is 971. The van der Waals surface area contributed by atoms with E-state index in [2.05, 4.69) is 0 Å². The molecule has 0 saturated carbocycles. The average Bonchev–Trinajstić information content (AvgIpc) is 2.62. The Morgan fingerprint density at radius 1 is 1.12 bits per heavy atom. The SMILES string of the molecule is COc1ccc(-c2coc3cc(OC(C)C(=O)O)ccc3c2=O)cc1. The number of rotatable bonds is 5. The fourth-order valence-electron chi connectivity index (χ4n) is 2.41. The van der Waals surface area contributed by atoms with Crippen LogP contribution in [0.2, 0.25) is 0 Å². The van der Waals surface area contributed by atoms with Crippen molar-refractivity contribution in [1.82, 2.24) is 0 Å². The molecule has 1 heterocycles. The maximum Gasteiger partial charge on any atom is 0.344 e. The van der Waals surface area contributed by atoms with Gasteiger partial charge in [0.2, 0.25) is 0 Å². The summed E-state index contributed by atoms with van der Waals surface area (Å²) in [6.45, 7) is 1.43.